The van der Waals surface area contributed by atoms with E-state index in [1.807, 2.05) is 0 Å². The van der Waals surface area contributed by atoms with Crippen molar-refractivity contribution in [1.29, 1.82) is 0 Å². The quantitative estimate of drug-likeness (QED) is 0.678. The lowest BCUT2D eigenvalue weighted by atomic mass is 10.1. The Morgan fingerprint density at radius 1 is 1.00 bits per heavy atom. The first kappa shape index (κ1) is 10.2. The number of carbonyl (C=O) groups excluding carboxylic acids is 2. The van der Waals surface area contributed by atoms with Crippen LogP contribution in [0, 0.1) is 0 Å². The van der Waals surface area contributed by atoms with Gasteiger partial charge < -0.3 is 9.47 Å². The molecule has 0 heterocycles. The summed E-state index contributed by atoms with van der Waals surface area (Å²) in [7, 11) is 2.87. The van der Waals surface area contributed by atoms with Gasteiger partial charge in [0.15, 0.2) is 12.6 Å². The largest absolute Gasteiger partial charge is 0.497 e. The van der Waals surface area contributed by atoms with Crippen molar-refractivity contribution in [3.8, 4) is 11.5 Å². The summed E-state index contributed by atoms with van der Waals surface area (Å²) >= 11 is 0. The number of aldehydes is 2. The molecule has 0 aliphatic rings. The molecule has 0 bridgehead atoms. The maximum atomic E-state index is 10.7. The summed E-state index contributed by atoms with van der Waals surface area (Å²) in [5.74, 6) is 0.728. The van der Waals surface area contributed by atoms with Gasteiger partial charge in [0.05, 0.1) is 25.3 Å². The van der Waals surface area contributed by atoms with Gasteiger partial charge in [-0.1, -0.05) is 0 Å². The highest BCUT2D eigenvalue weighted by atomic mass is 16.5. The Balaban J connectivity index is 3.38. The number of ether oxygens (including phenoxy) is 2. The van der Waals surface area contributed by atoms with Crippen LogP contribution in [-0.4, -0.2) is 26.8 Å². The first-order chi connectivity index (χ1) is 6.76. The lowest BCUT2D eigenvalue weighted by Crippen LogP contribution is -1.97. The lowest BCUT2D eigenvalue weighted by Gasteiger charge is -2.08. The molecule has 0 unspecified atom stereocenters. The molecule has 4 heteroatoms. The highest BCUT2D eigenvalue weighted by Gasteiger charge is 2.10. The molecule has 0 atom stereocenters. The van der Waals surface area contributed by atoms with Gasteiger partial charge in [-0.25, -0.2) is 0 Å². The van der Waals surface area contributed by atoms with Gasteiger partial charge in [0.25, 0.3) is 0 Å². The molecule has 1 aromatic carbocycles. The van der Waals surface area contributed by atoms with Gasteiger partial charge in [-0.2, -0.15) is 0 Å². The monoisotopic (exact) mass is 194 g/mol. The van der Waals surface area contributed by atoms with E-state index >= 15 is 0 Å². The molecule has 0 fully saturated rings. The van der Waals surface area contributed by atoms with E-state index in [9.17, 15) is 9.59 Å². The van der Waals surface area contributed by atoms with E-state index in [0.29, 0.717) is 29.4 Å². The second kappa shape index (κ2) is 4.41. The fraction of sp³-hybridized carbons (Fsp3) is 0.200. The van der Waals surface area contributed by atoms with Gasteiger partial charge in [-0.05, 0) is 12.1 Å². The molecule has 14 heavy (non-hydrogen) atoms. The zero-order valence-electron chi connectivity index (χ0n) is 7.94. The molecular weight excluding hydrogens is 184 g/mol. The van der Waals surface area contributed by atoms with Crippen molar-refractivity contribution >= 4 is 12.6 Å². The summed E-state index contributed by atoms with van der Waals surface area (Å²) < 4.78 is 9.87. The third kappa shape index (κ3) is 1.74. The minimum atomic E-state index is 0.274. The van der Waals surface area contributed by atoms with Crippen molar-refractivity contribution in [3.05, 3.63) is 23.3 Å². The molecule has 0 spiro atoms. The first-order valence-electron chi connectivity index (χ1n) is 3.93. The Kier molecular flexibility index (Phi) is 3.23. The Hall–Kier alpha value is -1.84. The Bertz CT molecular complexity index is 328. The van der Waals surface area contributed by atoms with Gasteiger partial charge >= 0.3 is 0 Å². The highest BCUT2D eigenvalue weighted by Crippen LogP contribution is 2.26. The first-order valence-corrected chi connectivity index (χ1v) is 3.93. The molecule has 0 amide bonds. The van der Waals surface area contributed by atoms with Crippen LogP contribution in [0.3, 0.4) is 0 Å². The van der Waals surface area contributed by atoms with Crippen LogP contribution in [-0.2, 0) is 0 Å². The number of hydrogen-bond donors (Lipinski definition) is 0. The van der Waals surface area contributed by atoms with E-state index < -0.39 is 0 Å². The molecule has 4 nitrogen and oxygen atoms in total. The van der Waals surface area contributed by atoms with Crippen LogP contribution in [0.15, 0.2) is 12.1 Å². The van der Waals surface area contributed by atoms with Crippen molar-refractivity contribution in [1.82, 2.24) is 0 Å². The third-order valence-corrected chi connectivity index (χ3v) is 1.81. The average Bonchev–Trinajstić information content (AvgIpc) is 2.26. The van der Waals surface area contributed by atoms with Gasteiger partial charge in [0.1, 0.15) is 11.5 Å². The van der Waals surface area contributed by atoms with E-state index in [4.69, 9.17) is 9.47 Å². The number of rotatable bonds is 4. The molecule has 0 saturated carbocycles. The molecule has 0 aliphatic carbocycles. The molecule has 0 N–H and O–H groups in total. The van der Waals surface area contributed by atoms with Crippen LogP contribution in [0.25, 0.3) is 0 Å². The van der Waals surface area contributed by atoms with Crippen molar-refractivity contribution in [2.45, 2.75) is 0 Å². The minimum Gasteiger partial charge on any atom is -0.497 e. The zero-order chi connectivity index (χ0) is 10.6. The van der Waals surface area contributed by atoms with Gasteiger partial charge in [0, 0.05) is 0 Å². The fourth-order valence-electron chi connectivity index (χ4n) is 1.17. The predicted octanol–water partition coefficient (Wildman–Crippen LogP) is 1.33. The van der Waals surface area contributed by atoms with E-state index in [1.165, 1.54) is 26.4 Å². The second-order valence-electron chi connectivity index (χ2n) is 2.57. The van der Waals surface area contributed by atoms with Gasteiger partial charge in [0.2, 0.25) is 0 Å². The molecule has 1 rings (SSSR count). The summed E-state index contributed by atoms with van der Waals surface area (Å²) in [4.78, 5) is 21.3. The van der Waals surface area contributed by atoms with E-state index in [-0.39, 0.29) is 5.75 Å². The molecule has 0 aliphatic heterocycles. The molecule has 0 saturated heterocycles. The van der Waals surface area contributed by atoms with Crippen LogP contribution in [0.5, 0.6) is 11.5 Å². The number of carbonyl (C=O) groups is 2. The average molecular weight is 194 g/mol. The molecule has 0 radical (unpaired) electrons. The maximum absolute atomic E-state index is 10.7. The summed E-state index contributed by atoms with van der Waals surface area (Å²) in [6.45, 7) is 0. The number of benzene rings is 1. The lowest BCUT2D eigenvalue weighted by molar-refractivity contribution is 0.111. The van der Waals surface area contributed by atoms with Crippen LogP contribution in [0.1, 0.15) is 20.7 Å². The Labute approximate surface area is 81.4 Å². The minimum absolute atomic E-state index is 0.274. The predicted molar refractivity (Wildman–Crippen MR) is 50.3 cm³/mol. The van der Waals surface area contributed by atoms with Crippen molar-refractivity contribution in [2.24, 2.45) is 0 Å². The van der Waals surface area contributed by atoms with Gasteiger partial charge in [-0.3, -0.25) is 9.59 Å². The zero-order valence-corrected chi connectivity index (χ0v) is 7.94. The van der Waals surface area contributed by atoms with Crippen LogP contribution >= 0.6 is 0 Å². The number of methoxy groups -OCH3 is 2. The smallest absolute Gasteiger partial charge is 0.153 e. The van der Waals surface area contributed by atoms with E-state index in [0.717, 1.165) is 0 Å². The van der Waals surface area contributed by atoms with Crippen molar-refractivity contribution in [2.75, 3.05) is 14.2 Å². The maximum Gasteiger partial charge on any atom is 0.153 e. The van der Waals surface area contributed by atoms with E-state index in [1.54, 1.807) is 0 Å². The van der Waals surface area contributed by atoms with Crippen molar-refractivity contribution in [3.63, 3.8) is 0 Å². The summed E-state index contributed by atoms with van der Waals surface area (Å²) in [5.41, 5.74) is 0.600. The SMILES string of the molecule is COc1cc(C=O)c(OC)c(C=O)c1. The Morgan fingerprint density at radius 2 is 1.50 bits per heavy atom. The van der Waals surface area contributed by atoms with Crippen LogP contribution < -0.4 is 9.47 Å². The normalized spacial score (nSPS) is 9.29. The standard InChI is InChI=1S/C10H10O4/c1-13-9-3-7(5-11)10(14-2)8(4-9)6-12/h3-6H,1-2H3. The van der Waals surface area contributed by atoms with E-state index in [2.05, 4.69) is 0 Å². The summed E-state index contributed by atoms with van der Waals surface area (Å²) in [6, 6.07) is 3.03. The highest BCUT2D eigenvalue weighted by molar-refractivity contribution is 5.89. The van der Waals surface area contributed by atoms with Crippen LogP contribution in [0.4, 0.5) is 0 Å². The number of hydrogen-bond acceptors (Lipinski definition) is 4. The summed E-state index contributed by atoms with van der Waals surface area (Å²) in [6.07, 6.45) is 1.24. The molecule has 0 aromatic heterocycles. The van der Waals surface area contributed by atoms with Crippen LogP contribution in [0.2, 0.25) is 0 Å². The van der Waals surface area contributed by atoms with Crippen molar-refractivity contribution < 1.29 is 19.1 Å². The fourth-order valence-corrected chi connectivity index (χ4v) is 1.17. The third-order valence-electron chi connectivity index (χ3n) is 1.81. The van der Waals surface area contributed by atoms with Gasteiger partial charge in [-0.15, -0.1) is 0 Å². The molecular formula is C10H10O4. The molecule has 74 valence electrons. The molecule has 1 aromatic rings. The Morgan fingerprint density at radius 3 is 1.79 bits per heavy atom. The topological polar surface area (TPSA) is 52.6 Å². The summed E-state index contributed by atoms with van der Waals surface area (Å²) in [5, 5.41) is 0. The second-order valence-corrected chi connectivity index (χ2v) is 2.57.